The van der Waals surface area contributed by atoms with Crippen molar-refractivity contribution in [3.63, 3.8) is 0 Å². The van der Waals surface area contributed by atoms with E-state index in [1.165, 1.54) is 38.8 Å². The maximum absolute atomic E-state index is 3.74. The molecule has 102 valence electrons. The Bertz CT molecular complexity index is 209. The SMILES string of the molecule is CC(C)(C)CC(C)(C)NCCC1CCCNC1. The van der Waals surface area contributed by atoms with E-state index in [-0.39, 0.29) is 5.54 Å². The Morgan fingerprint density at radius 3 is 2.41 bits per heavy atom. The third kappa shape index (κ3) is 7.05. The second-order valence-electron chi connectivity index (χ2n) is 7.55. The van der Waals surface area contributed by atoms with Gasteiger partial charge >= 0.3 is 0 Å². The molecule has 0 aromatic rings. The summed E-state index contributed by atoms with van der Waals surface area (Å²) in [5, 5.41) is 7.23. The standard InChI is InChI=1S/C15H32N2/c1-14(2,3)12-15(4,5)17-10-8-13-7-6-9-16-11-13/h13,16-17H,6-12H2,1-5H3. The van der Waals surface area contributed by atoms with Crippen molar-refractivity contribution in [2.75, 3.05) is 19.6 Å². The molecule has 1 rings (SSSR count). The van der Waals surface area contributed by atoms with Crippen LogP contribution in [0.25, 0.3) is 0 Å². The highest BCUT2D eigenvalue weighted by molar-refractivity contribution is 4.83. The first-order valence-corrected chi connectivity index (χ1v) is 7.24. The third-order valence-corrected chi connectivity index (χ3v) is 3.53. The van der Waals surface area contributed by atoms with Crippen LogP contribution in [0.5, 0.6) is 0 Å². The zero-order valence-corrected chi connectivity index (χ0v) is 12.5. The molecule has 1 aliphatic heterocycles. The van der Waals surface area contributed by atoms with Crippen molar-refractivity contribution in [2.24, 2.45) is 11.3 Å². The molecule has 0 aromatic heterocycles. The van der Waals surface area contributed by atoms with E-state index in [4.69, 9.17) is 0 Å². The second-order valence-corrected chi connectivity index (χ2v) is 7.55. The molecule has 0 bridgehead atoms. The zero-order valence-electron chi connectivity index (χ0n) is 12.5. The lowest BCUT2D eigenvalue weighted by Gasteiger charge is -2.34. The normalized spacial score (nSPS) is 22.8. The van der Waals surface area contributed by atoms with E-state index in [0.717, 1.165) is 12.5 Å². The van der Waals surface area contributed by atoms with E-state index in [9.17, 15) is 0 Å². The maximum Gasteiger partial charge on any atom is 0.0130 e. The van der Waals surface area contributed by atoms with E-state index >= 15 is 0 Å². The Balaban J connectivity index is 2.20. The molecule has 0 aromatic carbocycles. The van der Waals surface area contributed by atoms with Crippen molar-refractivity contribution >= 4 is 0 Å². The average molecular weight is 240 g/mol. The van der Waals surface area contributed by atoms with E-state index < -0.39 is 0 Å². The van der Waals surface area contributed by atoms with Crippen molar-refractivity contribution in [1.82, 2.24) is 10.6 Å². The van der Waals surface area contributed by atoms with Gasteiger partial charge in [0, 0.05) is 5.54 Å². The Morgan fingerprint density at radius 2 is 1.88 bits per heavy atom. The molecule has 1 atom stereocenters. The molecule has 17 heavy (non-hydrogen) atoms. The van der Waals surface area contributed by atoms with E-state index in [2.05, 4.69) is 45.3 Å². The van der Waals surface area contributed by atoms with Gasteiger partial charge in [-0.2, -0.15) is 0 Å². The highest BCUT2D eigenvalue weighted by Gasteiger charge is 2.25. The molecule has 2 N–H and O–H groups in total. The van der Waals surface area contributed by atoms with Gasteiger partial charge in [-0.15, -0.1) is 0 Å². The van der Waals surface area contributed by atoms with Crippen LogP contribution < -0.4 is 10.6 Å². The summed E-state index contributed by atoms with van der Waals surface area (Å²) in [6, 6.07) is 0. The second kappa shape index (κ2) is 6.19. The Hall–Kier alpha value is -0.0800. The molecule has 0 aliphatic carbocycles. The van der Waals surface area contributed by atoms with Gasteiger partial charge in [0.2, 0.25) is 0 Å². The lowest BCUT2D eigenvalue weighted by atomic mass is 9.81. The fourth-order valence-corrected chi connectivity index (χ4v) is 3.17. The number of piperidine rings is 1. The minimum Gasteiger partial charge on any atom is -0.316 e. The lowest BCUT2D eigenvalue weighted by Crippen LogP contribution is -2.43. The molecule has 2 nitrogen and oxygen atoms in total. The molecule has 1 saturated heterocycles. The van der Waals surface area contributed by atoms with Crippen molar-refractivity contribution in [3.8, 4) is 0 Å². The summed E-state index contributed by atoms with van der Waals surface area (Å²) in [5.41, 5.74) is 0.670. The average Bonchev–Trinajstić information content (AvgIpc) is 2.15. The van der Waals surface area contributed by atoms with Gasteiger partial charge in [-0.1, -0.05) is 20.8 Å². The van der Waals surface area contributed by atoms with E-state index in [0.29, 0.717) is 5.41 Å². The minimum absolute atomic E-state index is 0.264. The predicted molar refractivity (Wildman–Crippen MR) is 76.4 cm³/mol. The molecule has 0 radical (unpaired) electrons. The number of nitrogens with one attached hydrogen (secondary N) is 2. The van der Waals surface area contributed by atoms with Gasteiger partial charge in [-0.25, -0.2) is 0 Å². The lowest BCUT2D eigenvalue weighted by molar-refractivity contribution is 0.234. The Labute approximate surface area is 108 Å². The molecule has 0 amide bonds. The molecular formula is C15H32N2. The van der Waals surface area contributed by atoms with Crippen LogP contribution in [0.15, 0.2) is 0 Å². The van der Waals surface area contributed by atoms with E-state index in [1.54, 1.807) is 0 Å². The summed E-state index contributed by atoms with van der Waals surface area (Å²) >= 11 is 0. The van der Waals surface area contributed by atoms with Gasteiger partial charge in [-0.3, -0.25) is 0 Å². The smallest absolute Gasteiger partial charge is 0.0130 e. The number of hydrogen-bond acceptors (Lipinski definition) is 2. The largest absolute Gasteiger partial charge is 0.316 e. The molecule has 1 fully saturated rings. The van der Waals surface area contributed by atoms with Crippen LogP contribution in [0.2, 0.25) is 0 Å². The molecule has 0 saturated carbocycles. The summed E-state index contributed by atoms with van der Waals surface area (Å²) in [4.78, 5) is 0. The highest BCUT2D eigenvalue weighted by Crippen LogP contribution is 2.26. The maximum atomic E-state index is 3.74. The van der Waals surface area contributed by atoms with Crippen molar-refractivity contribution in [1.29, 1.82) is 0 Å². The van der Waals surface area contributed by atoms with Crippen LogP contribution in [-0.4, -0.2) is 25.2 Å². The number of rotatable bonds is 5. The summed E-state index contributed by atoms with van der Waals surface area (Å²) in [6.45, 7) is 15.2. The summed E-state index contributed by atoms with van der Waals surface area (Å²) in [7, 11) is 0. The summed E-state index contributed by atoms with van der Waals surface area (Å²) < 4.78 is 0. The van der Waals surface area contributed by atoms with Gasteiger partial charge in [0.15, 0.2) is 0 Å². The molecule has 1 unspecified atom stereocenters. The molecule has 2 heteroatoms. The Morgan fingerprint density at radius 1 is 1.18 bits per heavy atom. The fraction of sp³-hybridized carbons (Fsp3) is 1.00. The van der Waals surface area contributed by atoms with Gasteiger partial charge in [0.1, 0.15) is 0 Å². The van der Waals surface area contributed by atoms with Crippen LogP contribution in [0.4, 0.5) is 0 Å². The van der Waals surface area contributed by atoms with E-state index in [1.807, 2.05) is 0 Å². The van der Waals surface area contributed by atoms with Gasteiger partial charge in [0.25, 0.3) is 0 Å². The van der Waals surface area contributed by atoms with Gasteiger partial charge < -0.3 is 10.6 Å². The van der Waals surface area contributed by atoms with Crippen LogP contribution in [0, 0.1) is 11.3 Å². The van der Waals surface area contributed by atoms with Crippen molar-refractivity contribution < 1.29 is 0 Å². The molecular weight excluding hydrogens is 208 g/mol. The van der Waals surface area contributed by atoms with Crippen molar-refractivity contribution in [3.05, 3.63) is 0 Å². The molecule has 0 spiro atoms. The first-order valence-electron chi connectivity index (χ1n) is 7.24. The van der Waals surface area contributed by atoms with Crippen LogP contribution in [0.1, 0.15) is 60.3 Å². The summed E-state index contributed by atoms with van der Waals surface area (Å²) in [5.74, 6) is 0.890. The third-order valence-electron chi connectivity index (χ3n) is 3.53. The van der Waals surface area contributed by atoms with Crippen LogP contribution in [0.3, 0.4) is 0 Å². The van der Waals surface area contributed by atoms with Gasteiger partial charge in [-0.05, 0) is 70.5 Å². The first kappa shape index (κ1) is 15.0. The van der Waals surface area contributed by atoms with Crippen molar-refractivity contribution in [2.45, 2.75) is 65.8 Å². The summed E-state index contributed by atoms with van der Waals surface area (Å²) in [6.07, 6.45) is 5.31. The Kier molecular flexibility index (Phi) is 5.46. The number of hydrogen-bond donors (Lipinski definition) is 2. The predicted octanol–water partition coefficient (Wildman–Crippen LogP) is 3.18. The van der Waals surface area contributed by atoms with Gasteiger partial charge in [0.05, 0.1) is 0 Å². The molecule has 1 heterocycles. The highest BCUT2D eigenvalue weighted by atomic mass is 15.0. The van der Waals surface area contributed by atoms with Crippen LogP contribution >= 0.6 is 0 Å². The minimum atomic E-state index is 0.264. The molecule has 1 aliphatic rings. The topological polar surface area (TPSA) is 24.1 Å². The zero-order chi connectivity index (χ0) is 12.9. The quantitative estimate of drug-likeness (QED) is 0.771. The van der Waals surface area contributed by atoms with Crippen LogP contribution in [-0.2, 0) is 0 Å². The monoisotopic (exact) mass is 240 g/mol. The first-order chi connectivity index (χ1) is 7.79. The fourth-order valence-electron chi connectivity index (χ4n) is 3.17.